The summed E-state index contributed by atoms with van der Waals surface area (Å²) in [5.74, 6) is 1.48. The molecule has 21 heavy (non-hydrogen) atoms. The number of imidazole rings is 1. The van der Waals surface area contributed by atoms with Crippen molar-refractivity contribution in [1.29, 1.82) is 0 Å². The van der Waals surface area contributed by atoms with E-state index in [0.29, 0.717) is 0 Å². The SMILES string of the molecule is CCC(N)Cc1cn(Cc2ccc(OC)c(OC)c2)cn1. The second kappa shape index (κ2) is 7.13. The highest BCUT2D eigenvalue weighted by Crippen LogP contribution is 2.27. The molecule has 114 valence electrons. The number of ether oxygens (including phenoxy) is 2. The summed E-state index contributed by atoms with van der Waals surface area (Å²) in [6, 6.07) is 6.10. The van der Waals surface area contributed by atoms with Crippen molar-refractivity contribution < 1.29 is 9.47 Å². The van der Waals surface area contributed by atoms with Crippen LogP contribution < -0.4 is 15.2 Å². The van der Waals surface area contributed by atoms with Gasteiger partial charge in [-0.2, -0.15) is 0 Å². The van der Waals surface area contributed by atoms with Gasteiger partial charge in [-0.25, -0.2) is 4.98 Å². The standard InChI is InChI=1S/C16H23N3O2/c1-4-13(17)8-14-10-19(11-18-14)9-12-5-6-15(20-2)16(7-12)21-3/h5-7,10-11,13H,4,8-9,17H2,1-3H3. The predicted molar refractivity (Wildman–Crippen MR) is 82.8 cm³/mol. The van der Waals surface area contributed by atoms with Gasteiger partial charge < -0.3 is 19.8 Å². The van der Waals surface area contributed by atoms with E-state index in [1.165, 1.54) is 0 Å². The fraction of sp³-hybridized carbons (Fsp3) is 0.438. The van der Waals surface area contributed by atoms with Crippen LogP contribution in [0, 0.1) is 0 Å². The maximum atomic E-state index is 5.96. The van der Waals surface area contributed by atoms with Crippen molar-refractivity contribution in [2.24, 2.45) is 5.73 Å². The molecule has 1 atom stereocenters. The molecule has 1 aromatic carbocycles. The first-order valence-electron chi connectivity index (χ1n) is 7.13. The van der Waals surface area contributed by atoms with E-state index in [0.717, 1.165) is 42.1 Å². The number of hydrogen-bond acceptors (Lipinski definition) is 4. The summed E-state index contributed by atoms with van der Waals surface area (Å²) in [6.07, 6.45) is 5.67. The maximum absolute atomic E-state index is 5.96. The first-order valence-corrected chi connectivity index (χ1v) is 7.13. The van der Waals surface area contributed by atoms with Crippen LogP contribution in [0.3, 0.4) is 0 Å². The molecule has 0 spiro atoms. The van der Waals surface area contributed by atoms with Crippen LogP contribution in [-0.4, -0.2) is 29.8 Å². The Kier molecular flexibility index (Phi) is 5.22. The molecule has 2 aromatic rings. The topological polar surface area (TPSA) is 62.3 Å². The van der Waals surface area contributed by atoms with E-state index in [2.05, 4.69) is 16.5 Å². The van der Waals surface area contributed by atoms with Crippen LogP contribution in [0.2, 0.25) is 0 Å². The highest BCUT2D eigenvalue weighted by atomic mass is 16.5. The molecule has 0 aliphatic carbocycles. The lowest BCUT2D eigenvalue weighted by Crippen LogP contribution is -2.21. The van der Waals surface area contributed by atoms with Gasteiger partial charge in [0.25, 0.3) is 0 Å². The number of benzene rings is 1. The largest absolute Gasteiger partial charge is 0.493 e. The molecule has 0 bridgehead atoms. The molecule has 0 saturated heterocycles. The lowest BCUT2D eigenvalue weighted by atomic mass is 10.1. The van der Waals surface area contributed by atoms with Crippen molar-refractivity contribution in [3.8, 4) is 11.5 Å². The summed E-state index contributed by atoms with van der Waals surface area (Å²) < 4.78 is 12.6. The maximum Gasteiger partial charge on any atom is 0.161 e. The Morgan fingerprint density at radius 2 is 2.00 bits per heavy atom. The summed E-state index contributed by atoms with van der Waals surface area (Å²) in [4.78, 5) is 4.40. The van der Waals surface area contributed by atoms with Crippen molar-refractivity contribution in [2.75, 3.05) is 14.2 Å². The number of hydrogen-bond donors (Lipinski definition) is 1. The Balaban J connectivity index is 2.08. The van der Waals surface area contributed by atoms with E-state index >= 15 is 0 Å². The first kappa shape index (κ1) is 15.4. The zero-order chi connectivity index (χ0) is 15.2. The van der Waals surface area contributed by atoms with Gasteiger partial charge in [0.1, 0.15) is 0 Å². The van der Waals surface area contributed by atoms with Crippen molar-refractivity contribution in [2.45, 2.75) is 32.4 Å². The zero-order valence-corrected chi connectivity index (χ0v) is 12.9. The molecule has 0 aliphatic heterocycles. The molecule has 5 nitrogen and oxygen atoms in total. The van der Waals surface area contributed by atoms with E-state index in [9.17, 15) is 0 Å². The zero-order valence-electron chi connectivity index (χ0n) is 12.9. The normalized spacial score (nSPS) is 12.2. The fourth-order valence-electron chi connectivity index (χ4n) is 2.20. The number of methoxy groups -OCH3 is 2. The third-order valence-electron chi connectivity index (χ3n) is 3.50. The Bertz CT molecular complexity index is 581. The minimum absolute atomic E-state index is 0.175. The Morgan fingerprint density at radius 1 is 1.24 bits per heavy atom. The van der Waals surface area contributed by atoms with Crippen LogP contribution in [-0.2, 0) is 13.0 Å². The Morgan fingerprint density at radius 3 is 2.67 bits per heavy atom. The van der Waals surface area contributed by atoms with Gasteiger partial charge in [0.2, 0.25) is 0 Å². The first-order chi connectivity index (χ1) is 10.2. The van der Waals surface area contributed by atoms with Gasteiger partial charge in [0, 0.05) is 25.2 Å². The lowest BCUT2D eigenvalue weighted by Gasteiger charge is -2.10. The monoisotopic (exact) mass is 289 g/mol. The summed E-state index contributed by atoms with van der Waals surface area (Å²) in [5.41, 5.74) is 8.12. The second-order valence-electron chi connectivity index (χ2n) is 5.10. The fourth-order valence-corrected chi connectivity index (χ4v) is 2.20. The summed E-state index contributed by atoms with van der Waals surface area (Å²) in [5, 5.41) is 0. The van der Waals surface area contributed by atoms with E-state index in [-0.39, 0.29) is 6.04 Å². The molecule has 0 fully saturated rings. The van der Waals surface area contributed by atoms with Crippen LogP contribution in [0.5, 0.6) is 11.5 Å². The lowest BCUT2D eigenvalue weighted by molar-refractivity contribution is 0.354. The van der Waals surface area contributed by atoms with Crippen LogP contribution >= 0.6 is 0 Å². The van der Waals surface area contributed by atoms with Crippen molar-refractivity contribution in [3.63, 3.8) is 0 Å². The van der Waals surface area contributed by atoms with Crippen LogP contribution in [0.25, 0.3) is 0 Å². The number of rotatable bonds is 7. The van der Waals surface area contributed by atoms with Gasteiger partial charge in [-0.05, 0) is 24.1 Å². The summed E-state index contributed by atoms with van der Waals surface area (Å²) in [7, 11) is 3.28. The number of nitrogens with two attached hydrogens (primary N) is 1. The molecule has 5 heteroatoms. The van der Waals surface area contributed by atoms with Gasteiger partial charge in [-0.3, -0.25) is 0 Å². The Labute approximate surface area is 125 Å². The number of nitrogens with zero attached hydrogens (tertiary/aromatic N) is 2. The molecule has 2 N–H and O–H groups in total. The predicted octanol–water partition coefficient (Wildman–Crippen LogP) is 2.23. The van der Waals surface area contributed by atoms with Crippen molar-refractivity contribution in [3.05, 3.63) is 42.0 Å². The summed E-state index contributed by atoms with van der Waals surface area (Å²) >= 11 is 0. The van der Waals surface area contributed by atoms with E-state index in [4.69, 9.17) is 15.2 Å². The molecule has 2 rings (SSSR count). The molecular formula is C16H23N3O2. The van der Waals surface area contributed by atoms with Crippen molar-refractivity contribution >= 4 is 0 Å². The van der Waals surface area contributed by atoms with E-state index < -0.39 is 0 Å². The van der Waals surface area contributed by atoms with Gasteiger partial charge in [-0.1, -0.05) is 13.0 Å². The summed E-state index contributed by atoms with van der Waals surface area (Å²) in [6.45, 7) is 2.83. The molecule has 0 saturated carbocycles. The van der Waals surface area contributed by atoms with Gasteiger partial charge >= 0.3 is 0 Å². The minimum atomic E-state index is 0.175. The van der Waals surface area contributed by atoms with Crippen LogP contribution in [0.4, 0.5) is 0 Å². The van der Waals surface area contributed by atoms with E-state index in [1.807, 2.05) is 30.7 Å². The third kappa shape index (κ3) is 3.98. The molecule has 1 unspecified atom stereocenters. The number of aromatic nitrogens is 2. The van der Waals surface area contributed by atoms with Gasteiger partial charge in [-0.15, -0.1) is 0 Å². The average molecular weight is 289 g/mol. The molecule has 0 amide bonds. The van der Waals surface area contributed by atoms with Gasteiger partial charge in [0.15, 0.2) is 11.5 Å². The smallest absolute Gasteiger partial charge is 0.161 e. The van der Waals surface area contributed by atoms with Crippen molar-refractivity contribution in [1.82, 2.24) is 9.55 Å². The third-order valence-corrected chi connectivity index (χ3v) is 3.50. The minimum Gasteiger partial charge on any atom is -0.493 e. The second-order valence-corrected chi connectivity index (χ2v) is 5.10. The molecule has 1 aromatic heterocycles. The van der Waals surface area contributed by atoms with Crippen LogP contribution in [0.15, 0.2) is 30.7 Å². The molecule has 1 heterocycles. The molecule has 0 radical (unpaired) electrons. The average Bonchev–Trinajstić information content (AvgIpc) is 2.93. The Hall–Kier alpha value is -2.01. The quantitative estimate of drug-likeness (QED) is 0.849. The molecule has 0 aliphatic rings. The molecular weight excluding hydrogens is 266 g/mol. The van der Waals surface area contributed by atoms with Gasteiger partial charge in [0.05, 0.1) is 26.2 Å². The van der Waals surface area contributed by atoms with Crippen LogP contribution in [0.1, 0.15) is 24.6 Å². The highest BCUT2D eigenvalue weighted by molar-refractivity contribution is 5.42. The highest BCUT2D eigenvalue weighted by Gasteiger charge is 2.07. The van der Waals surface area contributed by atoms with E-state index in [1.54, 1.807) is 14.2 Å².